The second-order valence-corrected chi connectivity index (χ2v) is 7.39. The van der Waals surface area contributed by atoms with Crippen molar-refractivity contribution in [3.63, 3.8) is 0 Å². The molecule has 0 fully saturated rings. The van der Waals surface area contributed by atoms with Crippen LogP contribution in [0.5, 0.6) is 0 Å². The summed E-state index contributed by atoms with van der Waals surface area (Å²) in [4.78, 5) is 29.2. The number of ether oxygens (including phenoxy) is 2. The van der Waals surface area contributed by atoms with Gasteiger partial charge < -0.3 is 14.0 Å². The zero-order valence-electron chi connectivity index (χ0n) is 15.8. The maximum Gasteiger partial charge on any atom is 0.338 e. The highest BCUT2D eigenvalue weighted by Crippen LogP contribution is 2.21. The van der Waals surface area contributed by atoms with Crippen LogP contribution < -0.4 is 4.80 Å². The number of nitrogens with zero attached hydrogens (tertiary/aromatic N) is 2. The zero-order valence-corrected chi connectivity index (χ0v) is 17.3. The number of rotatable bonds is 6. The van der Waals surface area contributed by atoms with E-state index in [0.717, 1.165) is 22.3 Å². The monoisotopic (exact) mass is 436 g/mol. The number of hydrogen-bond acceptors (Lipinski definition) is 5. The Labute approximate surface area is 175 Å². The minimum Gasteiger partial charge on any atom is -0.462 e. The zero-order chi connectivity index (χ0) is 21.0. The van der Waals surface area contributed by atoms with Gasteiger partial charge in [-0.1, -0.05) is 22.9 Å². The van der Waals surface area contributed by atoms with E-state index < -0.39 is 17.7 Å². The molecule has 3 rings (SSSR count). The van der Waals surface area contributed by atoms with Crippen LogP contribution in [-0.2, 0) is 16.0 Å². The average molecular weight is 437 g/mol. The molecule has 0 aliphatic rings. The van der Waals surface area contributed by atoms with E-state index in [9.17, 15) is 14.0 Å². The van der Waals surface area contributed by atoms with Crippen LogP contribution in [-0.4, -0.2) is 36.8 Å². The third-order valence-electron chi connectivity index (χ3n) is 4.07. The van der Waals surface area contributed by atoms with Crippen LogP contribution in [0.4, 0.5) is 4.39 Å². The number of esters is 1. The van der Waals surface area contributed by atoms with Crippen LogP contribution in [0.25, 0.3) is 10.2 Å². The number of hydrogen-bond donors (Lipinski definition) is 0. The first kappa shape index (κ1) is 21.2. The first-order valence-electron chi connectivity index (χ1n) is 8.78. The fourth-order valence-electron chi connectivity index (χ4n) is 2.71. The Morgan fingerprint density at radius 1 is 1.24 bits per heavy atom. The highest BCUT2D eigenvalue weighted by atomic mass is 35.5. The maximum atomic E-state index is 13.3. The van der Waals surface area contributed by atoms with E-state index in [1.807, 2.05) is 4.57 Å². The molecule has 0 aliphatic carbocycles. The van der Waals surface area contributed by atoms with Crippen molar-refractivity contribution in [2.24, 2.45) is 4.99 Å². The summed E-state index contributed by atoms with van der Waals surface area (Å²) < 4.78 is 26.0. The van der Waals surface area contributed by atoms with Crippen LogP contribution in [0.15, 0.2) is 41.4 Å². The summed E-state index contributed by atoms with van der Waals surface area (Å²) in [6.07, 6.45) is 0. The second kappa shape index (κ2) is 9.30. The van der Waals surface area contributed by atoms with Gasteiger partial charge in [0, 0.05) is 13.7 Å². The number of carbonyl (C=O) groups is 2. The fraction of sp³-hybridized carbons (Fsp3) is 0.250. The van der Waals surface area contributed by atoms with Gasteiger partial charge in [0.15, 0.2) is 4.80 Å². The van der Waals surface area contributed by atoms with E-state index in [2.05, 4.69) is 4.99 Å². The molecule has 1 aromatic heterocycles. The minimum absolute atomic E-state index is 0.00657. The molecule has 152 valence electrons. The van der Waals surface area contributed by atoms with E-state index in [1.165, 1.54) is 17.4 Å². The van der Waals surface area contributed by atoms with Crippen LogP contribution >= 0.6 is 22.9 Å². The number of carbonyl (C=O) groups excluding carboxylic acids is 2. The van der Waals surface area contributed by atoms with E-state index in [4.69, 9.17) is 21.1 Å². The summed E-state index contributed by atoms with van der Waals surface area (Å²) >= 11 is 7.23. The predicted molar refractivity (Wildman–Crippen MR) is 109 cm³/mol. The Morgan fingerprint density at radius 3 is 2.72 bits per heavy atom. The van der Waals surface area contributed by atoms with Gasteiger partial charge in [-0.15, -0.1) is 0 Å². The highest BCUT2D eigenvalue weighted by Gasteiger charge is 2.14. The Bertz CT molecular complexity index is 1140. The van der Waals surface area contributed by atoms with Gasteiger partial charge in [0.2, 0.25) is 0 Å². The molecule has 0 saturated heterocycles. The lowest BCUT2D eigenvalue weighted by Crippen LogP contribution is -2.19. The van der Waals surface area contributed by atoms with Crippen molar-refractivity contribution >= 4 is 45.0 Å². The number of halogens is 2. The Balaban J connectivity index is 2.10. The second-order valence-electron chi connectivity index (χ2n) is 5.97. The molecule has 2 aromatic carbocycles. The molecule has 0 saturated carbocycles. The van der Waals surface area contributed by atoms with Gasteiger partial charge in [0.25, 0.3) is 5.91 Å². The molecule has 0 N–H and O–H groups in total. The standard InChI is InChI=1S/C20H18ClFN2O4S/c1-3-28-19(26)12-4-7-16-17(10-12)29-20(24(16)8-9-27-2)23-18(25)14-6-5-13(22)11-15(14)21/h4-7,10-11H,3,8-9H2,1-2H3. The van der Waals surface area contributed by atoms with Crippen molar-refractivity contribution in [2.45, 2.75) is 13.5 Å². The highest BCUT2D eigenvalue weighted by molar-refractivity contribution is 7.16. The molecule has 0 spiro atoms. The van der Waals surface area contributed by atoms with Crippen LogP contribution in [0.3, 0.4) is 0 Å². The summed E-state index contributed by atoms with van der Waals surface area (Å²) in [5, 5.41) is -0.00657. The van der Waals surface area contributed by atoms with Gasteiger partial charge in [0.1, 0.15) is 5.82 Å². The lowest BCUT2D eigenvalue weighted by atomic mass is 10.2. The van der Waals surface area contributed by atoms with Crippen molar-refractivity contribution in [1.29, 1.82) is 0 Å². The van der Waals surface area contributed by atoms with Crippen LogP contribution in [0.1, 0.15) is 27.6 Å². The van der Waals surface area contributed by atoms with E-state index in [-0.39, 0.29) is 17.2 Å². The third-order valence-corrected chi connectivity index (χ3v) is 5.43. The van der Waals surface area contributed by atoms with Crippen molar-refractivity contribution < 1.29 is 23.5 Å². The molecule has 0 bridgehead atoms. The first-order chi connectivity index (χ1) is 13.9. The molecule has 0 unspecified atom stereocenters. The molecule has 1 heterocycles. The molecule has 1 amide bonds. The molecule has 29 heavy (non-hydrogen) atoms. The number of methoxy groups -OCH3 is 1. The van der Waals surface area contributed by atoms with E-state index in [1.54, 1.807) is 32.2 Å². The molecule has 0 aliphatic heterocycles. The van der Waals surface area contributed by atoms with E-state index in [0.29, 0.717) is 23.5 Å². The van der Waals surface area contributed by atoms with Gasteiger partial charge in [-0.3, -0.25) is 4.79 Å². The smallest absolute Gasteiger partial charge is 0.338 e. The maximum absolute atomic E-state index is 13.3. The number of fused-ring (bicyclic) bond motifs is 1. The molecule has 0 atom stereocenters. The molecule has 6 nitrogen and oxygen atoms in total. The number of amides is 1. The van der Waals surface area contributed by atoms with Crippen molar-refractivity contribution in [1.82, 2.24) is 4.57 Å². The summed E-state index contributed by atoms with van der Waals surface area (Å²) in [5.41, 5.74) is 1.33. The quantitative estimate of drug-likeness (QED) is 0.546. The topological polar surface area (TPSA) is 69.9 Å². The molecular weight excluding hydrogens is 419 g/mol. The number of benzene rings is 2. The van der Waals surface area contributed by atoms with Gasteiger partial charge in [0.05, 0.1) is 39.6 Å². The van der Waals surface area contributed by atoms with Gasteiger partial charge in [-0.2, -0.15) is 4.99 Å². The fourth-order valence-corrected chi connectivity index (χ4v) is 4.05. The molecule has 0 radical (unpaired) electrons. The SMILES string of the molecule is CCOC(=O)c1ccc2c(c1)sc(=NC(=O)c1ccc(F)cc1Cl)n2CCOC. The lowest BCUT2D eigenvalue weighted by molar-refractivity contribution is 0.0526. The van der Waals surface area contributed by atoms with Crippen molar-refractivity contribution in [3.05, 3.63) is 63.2 Å². The summed E-state index contributed by atoms with van der Waals surface area (Å²) in [5.74, 6) is -1.53. The predicted octanol–water partition coefficient (Wildman–Crippen LogP) is 4.06. The van der Waals surface area contributed by atoms with Crippen LogP contribution in [0.2, 0.25) is 5.02 Å². The van der Waals surface area contributed by atoms with Crippen LogP contribution in [0, 0.1) is 5.82 Å². The summed E-state index contributed by atoms with van der Waals surface area (Å²) in [7, 11) is 1.58. The van der Waals surface area contributed by atoms with Gasteiger partial charge in [-0.25, -0.2) is 9.18 Å². The average Bonchev–Trinajstić information content (AvgIpc) is 3.02. The van der Waals surface area contributed by atoms with E-state index >= 15 is 0 Å². The number of thiazole rings is 1. The minimum atomic E-state index is -0.585. The Morgan fingerprint density at radius 2 is 2.03 bits per heavy atom. The summed E-state index contributed by atoms with van der Waals surface area (Å²) in [6.45, 7) is 2.88. The third kappa shape index (κ3) is 4.72. The largest absolute Gasteiger partial charge is 0.462 e. The Hall–Kier alpha value is -2.55. The van der Waals surface area contributed by atoms with Crippen molar-refractivity contribution in [2.75, 3.05) is 20.3 Å². The normalized spacial score (nSPS) is 11.8. The first-order valence-corrected chi connectivity index (χ1v) is 9.97. The molecule has 9 heteroatoms. The number of aromatic nitrogens is 1. The molecular formula is C20H18ClFN2O4S. The lowest BCUT2D eigenvalue weighted by Gasteiger charge is -2.05. The molecule has 3 aromatic rings. The van der Waals surface area contributed by atoms with Crippen molar-refractivity contribution in [3.8, 4) is 0 Å². The van der Waals surface area contributed by atoms with Gasteiger partial charge >= 0.3 is 5.97 Å². The van der Waals surface area contributed by atoms with Gasteiger partial charge in [-0.05, 0) is 43.3 Å². The summed E-state index contributed by atoms with van der Waals surface area (Å²) in [6, 6.07) is 8.68. The Kier molecular flexibility index (Phi) is 6.79.